The van der Waals surface area contributed by atoms with Crippen LogP contribution in [0.2, 0.25) is 0 Å². The lowest BCUT2D eigenvalue weighted by Gasteiger charge is -2.41. The van der Waals surface area contributed by atoms with Crippen molar-refractivity contribution in [2.45, 2.75) is 76.3 Å². The molecule has 4 rings (SSSR count). The van der Waals surface area contributed by atoms with E-state index >= 15 is 0 Å². The zero-order valence-corrected chi connectivity index (χ0v) is 25.5. The van der Waals surface area contributed by atoms with Crippen molar-refractivity contribution >= 4 is 21.7 Å². The number of cyclic esters (lactones) is 1. The first-order chi connectivity index (χ1) is 20.3. The number of aliphatic hydroxyl groups is 1. The molecule has 0 amide bonds. The fourth-order valence-corrected chi connectivity index (χ4v) is 6.65. The van der Waals surface area contributed by atoms with E-state index in [1.54, 1.807) is 36.4 Å². The Morgan fingerprint density at radius 2 is 1.86 bits per heavy atom. The fourth-order valence-electron chi connectivity index (χ4n) is 5.67. The molecule has 2 unspecified atom stereocenters. The molecule has 0 fully saturated rings. The summed E-state index contributed by atoms with van der Waals surface area (Å²) in [6.07, 6.45) is 3.64. The van der Waals surface area contributed by atoms with Crippen LogP contribution in [0.3, 0.4) is 0 Å². The number of rotatable bonds is 10. The topological polar surface area (TPSA) is 129 Å². The van der Waals surface area contributed by atoms with Crippen LogP contribution in [-0.4, -0.2) is 30.1 Å². The molecule has 1 aromatic heterocycles. The quantitative estimate of drug-likeness (QED) is 0.239. The van der Waals surface area contributed by atoms with Gasteiger partial charge in [0.15, 0.2) is 5.03 Å². The van der Waals surface area contributed by atoms with E-state index in [2.05, 4.69) is 9.71 Å². The number of sulfonamides is 1. The van der Waals surface area contributed by atoms with E-state index in [4.69, 9.17) is 10.00 Å². The summed E-state index contributed by atoms with van der Waals surface area (Å²) in [6, 6.07) is 17.4. The van der Waals surface area contributed by atoms with Gasteiger partial charge in [-0.3, -0.25) is 4.72 Å². The van der Waals surface area contributed by atoms with Crippen molar-refractivity contribution in [1.82, 2.24) is 4.98 Å². The second-order valence-electron chi connectivity index (χ2n) is 12.0. The van der Waals surface area contributed by atoms with Gasteiger partial charge in [0.1, 0.15) is 23.2 Å². The highest BCUT2D eigenvalue weighted by Crippen LogP contribution is 2.47. The first-order valence-corrected chi connectivity index (χ1v) is 15.6. The SMILES string of the molecule is CCCC1(CCc2ccc(F)cc2)CC(O)=C(C(c2cccc(NS(=O)(=O)c3ccc(C#N)cn3)c2)C(C)(C)C)C(=O)O1. The number of nitrogens with one attached hydrogen (secondary N) is 1. The van der Waals surface area contributed by atoms with E-state index in [0.717, 1.165) is 12.0 Å². The third-order valence-corrected chi connectivity index (χ3v) is 8.88. The first-order valence-electron chi connectivity index (χ1n) is 14.2. The van der Waals surface area contributed by atoms with Gasteiger partial charge in [0, 0.05) is 24.2 Å². The standard InChI is InChI=1S/C33H36FN3O5S/c1-5-16-33(17-15-22-9-12-25(34)13-10-22)19-27(38)29(31(39)42-33)30(32(2,3)4)24-7-6-8-26(18-24)37-43(40,41)28-14-11-23(20-35)21-36-28/h6-14,18,21,30,37-38H,5,15-17,19H2,1-4H3. The molecule has 0 spiro atoms. The Bertz CT molecular complexity index is 1660. The second kappa shape index (κ2) is 12.6. The van der Waals surface area contributed by atoms with Gasteiger partial charge < -0.3 is 9.84 Å². The number of carbonyl (C=O) groups is 1. The number of aryl methyl sites for hydroxylation is 1. The van der Waals surface area contributed by atoms with Crippen molar-refractivity contribution in [3.8, 4) is 6.07 Å². The molecule has 2 N–H and O–H groups in total. The van der Waals surface area contributed by atoms with E-state index < -0.39 is 32.9 Å². The molecule has 226 valence electrons. The lowest BCUT2D eigenvalue weighted by Crippen LogP contribution is -2.43. The van der Waals surface area contributed by atoms with Crippen molar-refractivity contribution in [1.29, 1.82) is 5.26 Å². The highest BCUT2D eigenvalue weighted by molar-refractivity contribution is 7.92. The monoisotopic (exact) mass is 605 g/mol. The third kappa shape index (κ3) is 7.41. The lowest BCUT2D eigenvalue weighted by molar-refractivity contribution is -0.161. The fraction of sp³-hybridized carbons (Fsp3) is 0.364. The zero-order valence-electron chi connectivity index (χ0n) is 24.7. The number of pyridine rings is 1. The minimum atomic E-state index is -4.06. The molecule has 10 heteroatoms. The number of aliphatic hydroxyl groups excluding tert-OH is 1. The summed E-state index contributed by atoms with van der Waals surface area (Å²) in [4.78, 5) is 17.6. The number of hydrogen-bond donors (Lipinski definition) is 2. The molecule has 3 aromatic rings. The van der Waals surface area contributed by atoms with Crippen LogP contribution in [0.4, 0.5) is 10.1 Å². The Kier molecular flexibility index (Phi) is 9.26. The molecular formula is C33H36FN3O5S. The molecule has 2 aromatic carbocycles. The van der Waals surface area contributed by atoms with Gasteiger partial charge in [-0.05, 0) is 72.2 Å². The van der Waals surface area contributed by atoms with E-state index in [0.29, 0.717) is 24.8 Å². The Hall–Kier alpha value is -4.23. The summed E-state index contributed by atoms with van der Waals surface area (Å²) in [7, 11) is -4.06. The smallest absolute Gasteiger partial charge is 0.338 e. The summed E-state index contributed by atoms with van der Waals surface area (Å²) >= 11 is 0. The second-order valence-corrected chi connectivity index (χ2v) is 13.6. The van der Waals surface area contributed by atoms with Gasteiger partial charge in [0.25, 0.3) is 10.0 Å². The minimum Gasteiger partial charge on any atom is -0.512 e. The lowest BCUT2D eigenvalue weighted by atomic mass is 9.70. The van der Waals surface area contributed by atoms with E-state index in [1.807, 2.05) is 33.8 Å². The van der Waals surface area contributed by atoms with E-state index in [-0.39, 0.29) is 39.8 Å². The summed E-state index contributed by atoms with van der Waals surface area (Å²) < 4.78 is 48.1. The highest BCUT2D eigenvalue weighted by Gasteiger charge is 2.46. The van der Waals surface area contributed by atoms with Crippen molar-refractivity contribution in [3.05, 3.63) is 101 Å². The van der Waals surface area contributed by atoms with Gasteiger partial charge in [-0.25, -0.2) is 14.2 Å². The van der Waals surface area contributed by atoms with Crippen LogP contribution in [0.5, 0.6) is 0 Å². The summed E-state index contributed by atoms with van der Waals surface area (Å²) in [6.45, 7) is 7.79. The molecule has 2 atom stereocenters. The van der Waals surface area contributed by atoms with Crippen molar-refractivity contribution in [2.75, 3.05) is 4.72 Å². The third-order valence-electron chi connectivity index (χ3n) is 7.59. The maximum atomic E-state index is 13.7. The number of anilines is 1. The number of aromatic nitrogens is 1. The molecule has 0 radical (unpaired) electrons. The summed E-state index contributed by atoms with van der Waals surface area (Å²) in [5, 5.41) is 20.2. The van der Waals surface area contributed by atoms with Crippen LogP contribution in [0.25, 0.3) is 0 Å². The van der Waals surface area contributed by atoms with Gasteiger partial charge in [-0.15, -0.1) is 0 Å². The van der Waals surface area contributed by atoms with Crippen molar-refractivity contribution in [3.63, 3.8) is 0 Å². The van der Waals surface area contributed by atoms with Gasteiger partial charge in [-0.2, -0.15) is 13.7 Å². The van der Waals surface area contributed by atoms with Gasteiger partial charge in [0.2, 0.25) is 0 Å². The Morgan fingerprint density at radius 3 is 2.44 bits per heavy atom. The van der Waals surface area contributed by atoms with Crippen LogP contribution in [0.1, 0.15) is 76.0 Å². The summed E-state index contributed by atoms with van der Waals surface area (Å²) in [5.74, 6) is -1.59. The number of hydrogen-bond acceptors (Lipinski definition) is 7. The molecular weight excluding hydrogens is 569 g/mol. The molecule has 0 aliphatic carbocycles. The first kappa shape index (κ1) is 31.7. The largest absolute Gasteiger partial charge is 0.512 e. The summed E-state index contributed by atoms with van der Waals surface area (Å²) in [5.41, 5.74) is 0.699. The van der Waals surface area contributed by atoms with Crippen LogP contribution in [0.15, 0.2) is 83.2 Å². The van der Waals surface area contributed by atoms with Gasteiger partial charge in [0.05, 0.1) is 11.1 Å². The number of nitriles is 1. The van der Waals surface area contributed by atoms with Crippen LogP contribution in [0, 0.1) is 22.6 Å². The average Bonchev–Trinajstić information content (AvgIpc) is 2.94. The molecule has 1 aliphatic heterocycles. The Labute approximate surface area is 252 Å². The average molecular weight is 606 g/mol. The van der Waals surface area contributed by atoms with Gasteiger partial charge in [-0.1, -0.05) is 58.4 Å². The van der Waals surface area contributed by atoms with Crippen LogP contribution < -0.4 is 4.72 Å². The minimum absolute atomic E-state index is 0.0449. The van der Waals surface area contributed by atoms with E-state index in [9.17, 15) is 22.7 Å². The molecule has 0 saturated heterocycles. The highest BCUT2D eigenvalue weighted by atomic mass is 32.2. The predicted molar refractivity (Wildman–Crippen MR) is 161 cm³/mol. The van der Waals surface area contributed by atoms with Gasteiger partial charge >= 0.3 is 5.97 Å². The Morgan fingerprint density at radius 1 is 1.14 bits per heavy atom. The van der Waals surface area contributed by atoms with Crippen LogP contribution >= 0.6 is 0 Å². The molecule has 8 nitrogen and oxygen atoms in total. The maximum Gasteiger partial charge on any atom is 0.338 e. The van der Waals surface area contributed by atoms with Crippen molar-refractivity contribution in [2.24, 2.45) is 5.41 Å². The number of halogens is 1. The maximum absolute atomic E-state index is 13.7. The van der Waals surface area contributed by atoms with Crippen LogP contribution in [-0.2, 0) is 26.0 Å². The molecule has 43 heavy (non-hydrogen) atoms. The Balaban J connectivity index is 1.65. The molecule has 1 aliphatic rings. The number of benzene rings is 2. The van der Waals surface area contributed by atoms with Crippen molar-refractivity contribution < 1.29 is 27.4 Å². The number of esters is 1. The molecule has 2 heterocycles. The number of ether oxygens (including phenoxy) is 1. The predicted octanol–water partition coefficient (Wildman–Crippen LogP) is 6.95. The number of carbonyl (C=O) groups excluding carboxylic acids is 1. The van der Waals surface area contributed by atoms with E-state index in [1.165, 1.54) is 30.5 Å². The molecule has 0 bridgehead atoms. The molecule has 0 saturated carbocycles. The normalized spacial score (nSPS) is 18.1. The zero-order chi connectivity index (χ0) is 31.4. The number of nitrogens with zero attached hydrogens (tertiary/aromatic N) is 2.